The number of benzene rings is 2. The lowest BCUT2D eigenvalue weighted by molar-refractivity contribution is -0.266. The summed E-state index contributed by atoms with van der Waals surface area (Å²) < 4.78 is 62.6. The fourth-order valence-electron chi connectivity index (χ4n) is 6.59. The maximum absolute atomic E-state index is 14.3. The first-order valence-corrected chi connectivity index (χ1v) is 18.6. The van der Waals surface area contributed by atoms with Crippen LogP contribution in [0.2, 0.25) is 0 Å². The third kappa shape index (κ3) is 10.2. The molecule has 2 fully saturated rings. The Morgan fingerprint density at radius 3 is 2.61 bits per heavy atom. The number of amides is 2. The average Bonchev–Trinajstić information content (AvgIpc) is 3.84. The molecule has 3 aliphatic heterocycles. The van der Waals surface area contributed by atoms with E-state index in [0.29, 0.717) is 31.6 Å². The van der Waals surface area contributed by atoms with E-state index >= 15 is 0 Å². The quantitative estimate of drug-likeness (QED) is 0.227. The third-order valence-corrected chi connectivity index (χ3v) is 11.2. The first kappa shape index (κ1) is 38.6. The molecule has 2 aromatic carbocycles. The maximum Gasteiger partial charge on any atom is 0.407 e. The predicted molar refractivity (Wildman–Crippen MR) is 180 cm³/mol. The molecule has 2 N–H and O–H groups in total. The van der Waals surface area contributed by atoms with Crippen molar-refractivity contribution in [2.45, 2.75) is 69.0 Å². The van der Waals surface area contributed by atoms with Crippen molar-refractivity contribution >= 4 is 22.2 Å². The number of rotatable bonds is 18. The van der Waals surface area contributed by atoms with Gasteiger partial charge in [0.1, 0.15) is 12.2 Å². The van der Waals surface area contributed by atoms with Crippen LogP contribution in [0, 0.1) is 11.3 Å². The number of aliphatic hydroxyl groups is 1. The van der Waals surface area contributed by atoms with E-state index in [1.807, 2.05) is 44.2 Å². The van der Waals surface area contributed by atoms with Crippen molar-refractivity contribution in [2.24, 2.45) is 11.3 Å². The Morgan fingerprint density at radius 2 is 1.86 bits per heavy atom. The minimum Gasteiger partial charge on any atom is -0.530 e. The molecule has 51 heavy (non-hydrogen) atoms. The second kappa shape index (κ2) is 17.2. The van der Waals surface area contributed by atoms with Crippen molar-refractivity contribution in [1.29, 1.82) is 0 Å². The highest BCUT2D eigenvalue weighted by atomic mass is 32.2. The van der Waals surface area contributed by atoms with E-state index in [2.05, 4.69) is 5.32 Å². The molecule has 0 aromatic heterocycles. The molecule has 16 heteroatoms. The monoisotopic (exact) mass is 734 g/mol. The van der Waals surface area contributed by atoms with E-state index in [9.17, 15) is 28.2 Å². The molecule has 3 heterocycles. The first-order chi connectivity index (χ1) is 24.4. The molecule has 0 bridgehead atoms. The van der Waals surface area contributed by atoms with Gasteiger partial charge in [-0.3, -0.25) is 0 Å². The molecule has 15 nitrogen and oxygen atoms in total. The number of methoxy groups -OCH3 is 1. The fraction of sp³-hybridized carbons (Fsp3) is 0.600. The Hall–Kier alpha value is -3.67. The fourth-order valence-corrected chi connectivity index (χ4v) is 8.25. The number of fused-ring (bicyclic) bond motifs is 2. The van der Waals surface area contributed by atoms with Gasteiger partial charge in [0.2, 0.25) is 16.8 Å². The topological polar surface area (TPSA) is 185 Å². The van der Waals surface area contributed by atoms with Crippen LogP contribution in [-0.4, -0.2) is 119 Å². The Kier molecular flexibility index (Phi) is 13.0. The number of nitrogens with zero attached hydrogens (tertiary/aromatic N) is 2. The lowest BCUT2D eigenvalue weighted by Crippen LogP contribution is -2.52. The van der Waals surface area contributed by atoms with Crippen molar-refractivity contribution in [3.63, 3.8) is 0 Å². The molecule has 282 valence electrons. The van der Waals surface area contributed by atoms with E-state index in [0.717, 1.165) is 10.5 Å². The van der Waals surface area contributed by atoms with Crippen LogP contribution in [0.25, 0.3) is 0 Å². The number of nitrogens with one attached hydrogen (secondary N) is 1. The zero-order valence-electron chi connectivity index (χ0n) is 29.2. The Bertz CT molecular complexity index is 1580. The van der Waals surface area contributed by atoms with E-state index in [1.54, 1.807) is 0 Å². The number of carbonyl (C=O) groups is 2. The van der Waals surface area contributed by atoms with Crippen LogP contribution >= 0.6 is 0 Å². The van der Waals surface area contributed by atoms with Crippen LogP contribution in [0.5, 0.6) is 11.5 Å². The highest BCUT2D eigenvalue weighted by Crippen LogP contribution is 2.36. The first-order valence-electron chi connectivity index (χ1n) is 17.1. The van der Waals surface area contributed by atoms with Gasteiger partial charge < -0.3 is 53.6 Å². The van der Waals surface area contributed by atoms with Crippen LogP contribution in [0.15, 0.2) is 53.4 Å². The second-order valence-electron chi connectivity index (χ2n) is 13.8. The number of carbonyl (C=O) groups excluding carboxylic acids is 2. The molecule has 2 saturated heterocycles. The normalized spacial score (nSPS) is 20.9. The van der Waals surface area contributed by atoms with Crippen molar-refractivity contribution in [3.8, 4) is 11.5 Å². The van der Waals surface area contributed by atoms with Gasteiger partial charge in [-0.2, -0.15) is 4.31 Å². The zero-order chi connectivity index (χ0) is 36.6. The maximum atomic E-state index is 14.3. The van der Waals surface area contributed by atoms with Gasteiger partial charge in [-0.25, -0.2) is 13.2 Å². The third-order valence-electron chi connectivity index (χ3n) is 9.39. The summed E-state index contributed by atoms with van der Waals surface area (Å²) >= 11 is 0. The number of carboxylic acid groups (broad SMARTS) is 1. The van der Waals surface area contributed by atoms with Gasteiger partial charge in [0.05, 0.1) is 42.8 Å². The van der Waals surface area contributed by atoms with E-state index in [4.69, 9.17) is 28.4 Å². The zero-order valence-corrected chi connectivity index (χ0v) is 30.0. The Labute approximate surface area is 298 Å². The molecule has 0 spiro atoms. The van der Waals surface area contributed by atoms with E-state index in [1.165, 1.54) is 29.6 Å². The average molecular weight is 735 g/mol. The largest absolute Gasteiger partial charge is 0.530 e. The molecular weight excluding hydrogens is 686 g/mol. The Morgan fingerprint density at radius 1 is 1.10 bits per heavy atom. The van der Waals surface area contributed by atoms with Gasteiger partial charge in [0, 0.05) is 39.4 Å². The molecule has 0 saturated carbocycles. The van der Waals surface area contributed by atoms with Gasteiger partial charge in [0.25, 0.3) is 0 Å². The molecule has 0 aliphatic carbocycles. The minimum atomic E-state index is -4.25. The number of aliphatic hydroxyl groups excluding tert-OH is 1. The molecule has 5 atom stereocenters. The van der Waals surface area contributed by atoms with Gasteiger partial charge in [-0.15, -0.1) is 0 Å². The minimum absolute atomic E-state index is 0.0325. The van der Waals surface area contributed by atoms with Crippen molar-refractivity contribution in [3.05, 3.63) is 54.1 Å². The van der Waals surface area contributed by atoms with E-state index in [-0.39, 0.29) is 69.2 Å². The van der Waals surface area contributed by atoms with Crippen molar-refractivity contribution < 1.29 is 56.6 Å². The standard InChI is InChI=1S/C35H49N3O12S/c1-35(2,13-7-14-37(34(41)42)15-17-45-3)22-38(51(43,44)25-10-11-29-30(19-25)49-23-48-29)20-28(39)27(18-24-8-5-4-6-9-24)36-33(40)50-31-21-47-32-26(31)12-16-46-32/h4-6,8-11,19,26-28,31-32,39H,7,12-18,20-23H2,1-3H3,(H,36,40)(H,41,42)/p-1/t26-,27-,28+,31-,32+/m0/s1. The molecule has 2 amide bonds. The highest BCUT2D eigenvalue weighted by molar-refractivity contribution is 7.89. The van der Waals surface area contributed by atoms with Crippen LogP contribution in [0.4, 0.5) is 9.59 Å². The van der Waals surface area contributed by atoms with Crippen LogP contribution < -0.4 is 19.9 Å². The van der Waals surface area contributed by atoms with Crippen LogP contribution in [-0.2, 0) is 35.4 Å². The summed E-state index contributed by atoms with van der Waals surface area (Å²) in [5.41, 5.74) is 0.137. The van der Waals surface area contributed by atoms with Gasteiger partial charge in [-0.1, -0.05) is 44.2 Å². The van der Waals surface area contributed by atoms with Gasteiger partial charge in [-0.05, 0) is 48.8 Å². The van der Waals surface area contributed by atoms with Crippen LogP contribution in [0.1, 0.15) is 38.7 Å². The molecule has 0 unspecified atom stereocenters. The summed E-state index contributed by atoms with van der Waals surface area (Å²) in [7, 11) is -2.77. The number of sulfonamides is 1. The predicted octanol–water partition coefficient (Wildman–Crippen LogP) is 1.96. The summed E-state index contributed by atoms with van der Waals surface area (Å²) in [6.07, 6.45) is -2.62. The number of hydrogen-bond donors (Lipinski definition) is 2. The summed E-state index contributed by atoms with van der Waals surface area (Å²) in [6, 6.07) is 12.6. The summed E-state index contributed by atoms with van der Waals surface area (Å²) in [4.78, 5) is 26.0. The summed E-state index contributed by atoms with van der Waals surface area (Å²) in [5.74, 6) is 0.614. The summed E-state index contributed by atoms with van der Waals surface area (Å²) in [5, 5.41) is 26.2. The van der Waals surface area contributed by atoms with Crippen molar-refractivity contribution in [1.82, 2.24) is 14.5 Å². The number of alkyl carbamates (subject to hydrolysis) is 1. The lowest BCUT2D eigenvalue weighted by atomic mass is 9.87. The van der Waals surface area contributed by atoms with Crippen LogP contribution in [0.3, 0.4) is 0 Å². The molecule has 3 aliphatic rings. The van der Waals surface area contributed by atoms with Gasteiger partial charge in [0.15, 0.2) is 17.8 Å². The Balaban J connectivity index is 1.35. The second-order valence-corrected chi connectivity index (χ2v) is 15.7. The number of ether oxygens (including phenoxy) is 6. The molecule has 0 radical (unpaired) electrons. The van der Waals surface area contributed by atoms with Gasteiger partial charge >= 0.3 is 6.09 Å². The highest BCUT2D eigenvalue weighted by Gasteiger charge is 2.44. The van der Waals surface area contributed by atoms with Crippen molar-refractivity contribution in [2.75, 3.05) is 59.9 Å². The lowest BCUT2D eigenvalue weighted by Gasteiger charge is -2.35. The molecule has 2 aromatic rings. The number of hydrogen-bond acceptors (Lipinski definition) is 12. The smallest absolute Gasteiger partial charge is 0.407 e. The van der Waals surface area contributed by atoms with E-state index < -0.39 is 52.2 Å². The molecular formula is C35H48N3O12S-. The summed E-state index contributed by atoms with van der Waals surface area (Å²) in [6.45, 7) is 4.56. The molecule has 5 rings (SSSR count). The SMILES string of the molecule is COCCN(CCCC(C)(C)CN(C[C@@H](O)[C@H](Cc1ccccc1)NC(=O)O[C@H]1CO[C@H]2OCC[C@H]21)S(=O)(=O)c1ccc2c(c1)OCO2)C(=O)[O-].